The molecule has 0 N–H and O–H groups in total. The fourth-order valence-corrected chi connectivity index (χ4v) is 2.78. The zero-order valence-corrected chi connectivity index (χ0v) is 14.2. The molecule has 6 heteroatoms. The third-order valence-corrected chi connectivity index (χ3v) is 4.28. The molecule has 2 aromatic carbocycles. The van der Waals surface area contributed by atoms with Crippen molar-refractivity contribution in [2.75, 3.05) is 11.9 Å². The summed E-state index contributed by atoms with van der Waals surface area (Å²) in [7, 11) is 1.65. The van der Waals surface area contributed by atoms with Gasteiger partial charge in [-0.3, -0.25) is 4.79 Å². The fraction of sp³-hybridized carbons (Fsp3) is 0.0714. The molecule has 2 rings (SSSR count). The van der Waals surface area contributed by atoms with Gasteiger partial charge in [-0.05, 0) is 36.4 Å². The molecule has 104 valence electrons. The number of anilines is 1. The molecule has 0 fully saturated rings. The predicted octanol–water partition coefficient (Wildman–Crippen LogP) is 5.69. The van der Waals surface area contributed by atoms with Crippen LogP contribution in [-0.4, -0.2) is 13.0 Å². The van der Waals surface area contributed by atoms with E-state index in [4.69, 9.17) is 34.8 Å². The van der Waals surface area contributed by atoms with Gasteiger partial charge in [0.1, 0.15) is 0 Å². The van der Waals surface area contributed by atoms with Crippen molar-refractivity contribution in [1.82, 2.24) is 0 Å². The zero-order valence-electron chi connectivity index (χ0n) is 10.3. The Hall–Kier alpha value is -0.740. The van der Waals surface area contributed by atoms with E-state index in [0.717, 1.165) is 4.47 Å². The lowest BCUT2D eigenvalue weighted by molar-refractivity contribution is 0.0993. The summed E-state index contributed by atoms with van der Waals surface area (Å²) in [6.07, 6.45) is 0. The van der Waals surface area contributed by atoms with Gasteiger partial charge in [-0.1, -0.05) is 50.7 Å². The van der Waals surface area contributed by atoms with Crippen molar-refractivity contribution < 1.29 is 4.79 Å². The van der Waals surface area contributed by atoms with Gasteiger partial charge < -0.3 is 4.90 Å². The monoisotopic (exact) mass is 391 g/mol. The summed E-state index contributed by atoms with van der Waals surface area (Å²) in [5.41, 5.74) is 1.06. The van der Waals surface area contributed by atoms with Crippen LogP contribution in [0.4, 0.5) is 5.69 Å². The Labute approximate surface area is 140 Å². The van der Waals surface area contributed by atoms with Crippen LogP contribution in [0.1, 0.15) is 10.4 Å². The summed E-state index contributed by atoms with van der Waals surface area (Å²) >= 11 is 21.2. The molecule has 0 atom stereocenters. The van der Waals surface area contributed by atoms with Gasteiger partial charge in [-0.2, -0.15) is 0 Å². The Kier molecular flexibility index (Phi) is 4.97. The van der Waals surface area contributed by atoms with Gasteiger partial charge in [0, 0.05) is 17.1 Å². The lowest BCUT2D eigenvalue weighted by Gasteiger charge is -2.19. The number of hydrogen-bond acceptors (Lipinski definition) is 1. The third-order valence-electron chi connectivity index (χ3n) is 2.74. The normalized spacial score (nSPS) is 10.4. The van der Waals surface area contributed by atoms with Crippen LogP contribution in [0.25, 0.3) is 0 Å². The Bertz CT molecular complexity index is 675. The maximum absolute atomic E-state index is 12.4. The molecule has 0 aliphatic heterocycles. The quantitative estimate of drug-likeness (QED) is 0.642. The van der Waals surface area contributed by atoms with Crippen LogP contribution in [0.5, 0.6) is 0 Å². The highest BCUT2D eigenvalue weighted by molar-refractivity contribution is 9.10. The molecular weight excluding hydrogens is 384 g/mol. The van der Waals surface area contributed by atoms with Gasteiger partial charge in [0.05, 0.1) is 20.8 Å². The highest BCUT2D eigenvalue weighted by atomic mass is 79.9. The van der Waals surface area contributed by atoms with Gasteiger partial charge in [0.25, 0.3) is 5.91 Å². The standard InChI is InChI=1S/C14H9BrCl3NO/c1-19(13-5-3-9(15)7-12(13)18)14(20)8-2-4-10(16)11(17)6-8/h2-7H,1H3. The van der Waals surface area contributed by atoms with E-state index >= 15 is 0 Å². The second-order valence-electron chi connectivity index (χ2n) is 4.09. The van der Waals surface area contributed by atoms with E-state index in [1.54, 1.807) is 31.3 Å². The van der Waals surface area contributed by atoms with E-state index in [9.17, 15) is 4.79 Å². The van der Waals surface area contributed by atoms with Gasteiger partial charge in [-0.15, -0.1) is 0 Å². The minimum Gasteiger partial charge on any atom is -0.310 e. The number of hydrogen-bond donors (Lipinski definition) is 0. The predicted molar refractivity (Wildman–Crippen MR) is 88.3 cm³/mol. The summed E-state index contributed by atoms with van der Waals surface area (Å²) in [5, 5.41) is 1.23. The first-order valence-electron chi connectivity index (χ1n) is 5.58. The highest BCUT2D eigenvalue weighted by Crippen LogP contribution is 2.30. The molecule has 0 radical (unpaired) electrons. The van der Waals surface area contributed by atoms with Crippen molar-refractivity contribution in [2.24, 2.45) is 0 Å². The average Bonchev–Trinajstić information content (AvgIpc) is 2.40. The lowest BCUT2D eigenvalue weighted by Crippen LogP contribution is -2.26. The first-order chi connectivity index (χ1) is 9.40. The van der Waals surface area contributed by atoms with Gasteiger partial charge in [0.2, 0.25) is 0 Å². The van der Waals surface area contributed by atoms with Crippen LogP contribution in [-0.2, 0) is 0 Å². The van der Waals surface area contributed by atoms with Crippen LogP contribution in [0.3, 0.4) is 0 Å². The Balaban J connectivity index is 2.34. The molecule has 0 spiro atoms. The molecule has 2 nitrogen and oxygen atoms in total. The first-order valence-corrected chi connectivity index (χ1v) is 7.51. The Morgan fingerprint density at radius 3 is 2.30 bits per heavy atom. The summed E-state index contributed by atoms with van der Waals surface area (Å²) in [5.74, 6) is -0.215. The van der Waals surface area contributed by atoms with E-state index in [-0.39, 0.29) is 5.91 Å². The zero-order chi connectivity index (χ0) is 14.9. The molecule has 2 aromatic rings. The number of carbonyl (C=O) groups is 1. The first kappa shape index (κ1) is 15.6. The lowest BCUT2D eigenvalue weighted by atomic mass is 10.2. The summed E-state index contributed by atoms with van der Waals surface area (Å²) in [4.78, 5) is 13.9. The van der Waals surface area contributed by atoms with E-state index in [1.807, 2.05) is 6.07 Å². The van der Waals surface area contributed by atoms with Crippen LogP contribution in [0.15, 0.2) is 40.9 Å². The SMILES string of the molecule is CN(C(=O)c1ccc(Cl)c(Cl)c1)c1ccc(Br)cc1Cl. The average molecular weight is 393 g/mol. The number of halogens is 4. The maximum Gasteiger partial charge on any atom is 0.258 e. The molecule has 0 aliphatic rings. The van der Waals surface area contributed by atoms with Crippen molar-refractivity contribution in [2.45, 2.75) is 0 Å². The van der Waals surface area contributed by atoms with E-state index in [1.165, 1.54) is 11.0 Å². The molecule has 0 saturated carbocycles. The Morgan fingerprint density at radius 2 is 1.70 bits per heavy atom. The molecule has 0 aromatic heterocycles. The number of nitrogens with zero attached hydrogens (tertiary/aromatic N) is 1. The molecule has 1 amide bonds. The number of benzene rings is 2. The number of carbonyl (C=O) groups excluding carboxylic acids is 1. The summed E-state index contributed by atoms with van der Waals surface area (Å²) in [6.45, 7) is 0. The van der Waals surface area contributed by atoms with Crippen molar-refractivity contribution in [1.29, 1.82) is 0 Å². The molecule has 0 aliphatic carbocycles. The van der Waals surface area contributed by atoms with Crippen LogP contribution < -0.4 is 4.90 Å². The highest BCUT2D eigenvalue weighted by Gasteiger charge is 2.17. The van der Waals surface area contributed by atoms with E-state index in [0.29, 0.717) is 26.3 Å². The van der Waals surface area contributed by atoms with Crippen molar-refractivity contribution in [3.8, 4) is 0 Å². The van der Waals surface area contributed by atoms with Crippen molar-refractivity contribution >= 4 is 62.3 Å². The third kappa shape index (κ3) is 3.29. The summed E-state index contributed by atoms with van der Waals surface area (Å²) in [6, 6.07) is 10.1. The maximum atomic E-state index is 12.4. The van der Waals surface area contributed by atoms with Gasteiger partial charge in [0.15, 0.2) is 0 Å². The molecule has 20 heavy (non-hydrogen) atoms. The molecule has 0 bridgehead atoms. The van der Waals surface area contributed by atoms with Gasteiger partial charge >= 0.3 is 0 Å². The molecular formula is C14H9BrCl3NO. The molecule has 0 saturated heterocycles. The largest absolute Gasteiger partial charge is 0.310 e. The fourth-order valence-electron chi connectivity index (χ4n) is 1.69. The second-order valence-corrected chi connectivity index (χ2v) is 6.23. The summed E-state index contributed by atoms with van der Waals surface area (Å²) < 4.78 is 0.849. The van der Waals surface area contributed by atoms with Crippen LogP contribution in [0.2, 0.25) is 15.1 Å². The number of rotatable bonds is 2. The second kappa shape index (κ2) is 6.35. The van der Waals surface area contributed by atoms with Gasteiger partial charge in [-0.25, -0.2) is 0 Å². The minimum atomic E-state index is -0.215. The number of amides is 1. The topological polar surface area (TPSA) is 20.3 Å². The van der Waals surface area contributed by atoms with Crippen molar-refractivity contribution in [3.05, 3.63) is 61.5 Å². The van der Waals surface area contributed by atoms with Crippen molar-refractivity contribution in [3.63, 3.8) is 0 Å². The smallest absolute Gasteiger partial charge is 0.258 e. The Morgan fingerprint density at radius 1 is 1.00 bits per heavy atom. The molecule has 0 unspecified atom stereocenters. The van der Waals surface area contributed by atoms with E-state index in [2.05, 4.69) is 15.9 Å². The van der Waals surface area contributed by atoms with E-state index < -0.39 is 0 Å². The van der Waals surface area contributed by atoms with Crippen LogP contribution in [0, 0.1) is 0 Å². The molecule has 0 heterocycles. The van der Waals surface area contributed by atoms with Crippen LogP contribution >= 0.6 is 50.7 Å². The minimum absolute atomic E-state index is 0.215.